The Bertz CT molecular complexity index is 926. The molecule has 3 heterocycles. The molecule has 0 saturated carbocycles. The molecule has 1 unspecified atom stereocenters. The van der Waals surface area contributed by atoms with Crippen LogP contribution in [0.3, 0.4) is 0 Å². The number of fused-ring (bicyclic) bond motifs is 1. The Morgan fingerprint density at radius 2 is 2.04 bits per heavy atom. The summed E-state index contributed by atoms with van der Waals surface area (Å²) in [6.45, 7) is 8.35. The number of benzene rings is 1. The Kier molecular flexibility index (Phi) is 4.62. The van der Waals surface area contributed by atoms with Crippen LogP contribution in [0.1, 0.15) is 44.0 Å². The molecular formula is C21H25ClN4. The molecule has 1 atom stereocenters. The van der Waals surface area contributed by atoms with Gasteiger partial charge in [-0.3, -0.25) is 9.67 Å². The lowest BCUT2D eigenvalue weighted by atomic mass is 10.0. The van der Waals surface area contributed by atoms with Gasteiger partial charge in [0.2, 0.25) is 0 Å². The Morgan fingerprint density at radius 3 is 2.85 bits per heavy atom. The van der Waals surface area contributed by atoms with Crippen LogP contribution in [-0.4, -0.2) is 21.3 Å². The standard InChI is InChI=1S/C21H25ClN4/c1-14(2)13-26-21(22)20(15(3)24-26)19-9-6-12-25(19)18-10-11-23-17-8-5-4-7-16(17)18/h4-5,7-8,10-11,14,19H,6,9,12-13H2,1-3H3. The van der Waals surface area contributed by atoms with Gasteiger partial charge in [-0.2, -0.15) is 5.10 Å². The lowest BCUT2D eigenvalue weighted by Gasteiger charge is -2.28. The molecule has 1 aliphatic heterocycles. The first kappa shape index (κ1) is 17.3. The second-order valence-electron chi connectivity index (χ2n) is 7.56. The van der Waals surface area contributed by atoms with Gasteiger partial charge in [0.15, 0.2) is 0 Å². The largest absolute Gasteiger partial charge is 0.364 e. The molecule has 0 spiro atoms. The number of hydrogen-bond donors (Lipinski definition) is 0. The summed E-state index contributed by atoms with van der Waals surface area (Å²) in [5.41, 5.74) is 4.51. The topological polar surface area (TPSA) is 34.0 Å². The summed E-state index contributed by atoms with van der Waals surface area (Å²) in [4.78, 5) is 7.00. The average Bonchev–Trinajstić information content (AvgIpc) is 3.18. The third-order valence-electron chi connectivity index (χ3n) is 5.17. The van der Waals surface area contributed by atoms with Crippen molar-refractivity contribution in [1.82, 2.24) is 14.8 Å². The SMILES string of the molecule is Cc1nn(CC(C)C)c(Cl)c1C1CCCN1c1ccnc2ccccc12. The molecule has 1 aliphatic rings. The summed E-state index contributed by atoms with van der Waals surface area (Å²) in [5, 5.41) is 6.73. The van der Waals surface area contributed by atoms with Gasteiger partial charge >= 0.3 is 0 Å². The second kappa shape index (κ2) is 6.92. The van der Waals surface area contributed by atoms with Crippen molar-refractivity contribution in [2.75, 3.05) is 11.4 Å². The summed E-state index contributed by atoms with van der Waals surface area (Å²) in [6.07, 6.45) is 4.17. The maximum atomic E-state index is 6.79. The molecule has 0 amide bonds. The molecule has 136 valence electrons. The molecule has 4 nitrogen and oxygen atoms in total. The van der Waals surface area contributed by atoms with E-state index in [1.165, 1.54) is 16.6 Å². The van der Waals surface area contributed by atoms with E-state index < -0.39 is 0 Å². The van der Waals surface area contributed by atoms with Crippen LogP contribution in [0.15, 0.2) is 36.5 Å². The molecule has 0 radical (unpaired) electrons. The molecule has 0 aliphatic carbocycles. The van der Waals surface area contributed by atoms with E-state index in [4.69, 9.17) is 16.7 Å². The molecule has 1 fully saturated rings. The van der Waals surface area contributed by atoms with E-state index in [9.17, 15) is 0 Å². The van der Waals surface area contributed by atoms with Gasteiger partial charge in [-0.15, -0.1) is 0 Å². The first-order valence-electron chi connectivity index (χ1n) is 9.39. The third-order valence-corrected chi connectivity index (χ3v) is 5.57. The minimum Gasteiger partial charge on any atom is -0.364 e. The molecule has 4 rings (SSSR count). The molecule has 2 aromatic heterocycles. The van der Waals surface area contributed by atoms with Crippen LogP contribution in [0.5, 0.6) is 0 Å². The van der Waals surface area contributed by atoms with Gasteiger partial charge in [0.05, 0.1) is 17.3 Å². The molecule has 3 aromatic rings. The van der Waals surface area contributed by atoms with Crippen LogP contribution >= 0.6 is 11.6 Å². The number of halogens is 1. The van der Waals surface area contributed by atoms with E-state index >= 15 is 0 Å². The van der Waals surface area contributed by atoms with E-state index in [1.807, 2.05) is 16.9 Å². The summed E-state index contributed by atoms with van der Waals surface area (Å²) in [6, 6.07) is 10.7. The van der Waals surface area contributed by atoms with Crippen molar-refractivity contribution in [3.63, 3.8) is 0 Å². The maximum Gasteiger partial charge on any atom is 0.132 e. The highest BCUT2D eigenvalue weighted by atomic mass is 35.5. The molecule has 26 heavy (non-hydrogen) atoms. The summed E-state index contributed by atoms with van der Waals surface area (Å²) in [5.74, 6) is 0.517. The highest BCUT2D eigenvalue weighted by Gasteiger charge is 2.32. The fraction of sp³-hybridized carbons (Fsp3) is 0.429. The highest BCUT2D eigenvalue weighted by molar-refractivity contribution is 6.30. The normalized spacial score (nSPS) is 17.6. The monoisotopic (exact) mass is 368 g/mol. The first-order chi connectivity index (χ1) is 12.6. The number of aromatic nitrogens is 3. The van der Waals surface area contributed by atoms with Crippen molar-refractivity contribution in [3.8, 4) is 0 Å². The lowest BCUT2D eigenvalue weighted by Crippen LogP contribution is -2.23. The molecule has 0 bridgehead atoms. The number of aryl methyl sites for hydroxylation is 1. The maximum absolute atomic E-state index is 6.79. The van der Waals surface area contributed by atoms with E-state index in [0.29, 0.717) is 5.92 Å². The van der Waals surface area contributed by atoms with Crippen molar-refractivity contribution in [2.45, 2.75) is 46.2 Å². The average molecular weight is 369 g/mol. The number of pyridine rings is 1. The molecule has 5 heteroatoms. The first-order valence-corrected chi connectivity index (χ1v) is 9.77. The molecule has 0 N–H and O–H groups in total. The Hall–Kier alpha value is -2.07. The van der Waals surface area contributed by atoms with Gasteiger partial charge in [-0.25, -0.2) is 0 Å². The lowest BCUT2D eigenvalue weighted by molar-refractivity contribution is 0.481. The summed E-state index contributed by atoms with van der Waals surface area (Å²) < 4.78 is 1.97. The zero-order valence-electron chi connectivity index (χ0n) is 15.6. The Labute approximate surface area is 159 Å². The number of nitrogens with zero attached hydrogens (tertiary/aromatic N) is 4. The van der Waals surface area contributed by atoms with E-state index in [0.717, 1.165) is 42.3 Å². The van der Waals surface area contributed by atoms with Gasteiger partial charge in [0, 0.05) is 35.9 Å². The van der Waals surface area contributed by atoms with Crippen molar-refractivity contribution in [2.24, 2.45) is 5.92 Å². The molecule has 1 aromatic carbocycles. The Morgan fingerprint density at radius 1 is 1.23 bits per heavy atom. The van der Waals surface area contributed by atoms with Gasteiger partial charge in [-0.05, 0) is 37.8 Å². The fourth-order valence-corrected chi connectivity index (χ4v) is 4.47. The predicted molar refractivity (Wildman–Crippen MR) is 108 cm³/mol. The van der Waals surface area contributed by atoms with Crippen LogP contribution in [0, 0.1) is 12.8 Å². The Balaban J connectivity index is 1.77. The second-order valence-corrected chi connectivity index (χ2v) is 7.92. The van der Waals surface area contributed by atoms with Crippen LogP contribution < -0.4 is 4.90 Å². The van der Waals surface area contributed by atoms with Crippen molar-refractivity contribution < 1.29 is 0 Å². The summed E-state index contributed by atoms with van der Waals surface area (Å²) >= 11 is 6.79. The van der Waals surface area contributed by atoms with E-state index in [2.05, 4.69) is 54.9 Å². The van der Waals surface area contributed by atoms with E-state index in [1.54, 1.807) is 0 Å². The van der Waals surface area contributed by atoms with Gasteiger partial charge < -0.3 is 4.90 Å². The van der Waals surface area contributed by atoms with Crippen LogP contribution in [0.25, 0.3) is 10.9 Å². The van der Waals surface area contributed by atoms with Crippen LogP contribution in [0.4, 0.5) is 5.69 Å². The summed E-state index contributed by atoms with van der Waals surface area (Å²) in [7, 11) is 0. The predicted octanol–water partition coefficient (Wildman–Crippen LogP) is 5.39. The van der Waals surface area contributed by atoms with Gasteiger partial charge in [-0.1, -0.05) is 43.6 Å². The van der Waals surface area contributed by atoms with Gasteiger partial charge in [0.25, 0.3) is 0 Å². The zero-order valence-corrected chi connectivity index (χ0v) is 16.4. The van der Waals surface area contributed by atoms with Crippen molar-refractivity contribution >= 4 is 28.2 Å². The minimum atomic E-state index is 0.272. The number of para-hydroxylation sites is 1. The number of hydrogen-bond acceptors (Lipinski definition) is 3. The number of rotatable bonds is 4. The zero-order chi connectivity index (χ0) is 18.3. The minimum absolute atomic E-state index is 0.272. The quantitative estimate of drug-likeness (QED) is 0.619. The van der Waals surface area contributed by atoms with Crippen LogP contribution in [0.2, 0.25) is 5.15 Å². The van der Waals surface area contributed by atoms with Gasteiger partial charge in [0.1, 0.15) is 5.15 Å². The number of anilines is 1. The third kappa shape index (κ3) is 2.96. The van der Waals surface area contributed by atoms with Crippen molar-refractivity contribution in [1.29, 1.82) is 0 Å². The smallest absolute Gasteiger partial charge is 0.132 e. The highest BCUT2D eigenvalue weighted by Crippen LogP contribution is 2.42. The fourth-order valence-electron chi connectivity index (χ4n) is 4.10. The van der Waals surface area contributed by atoms with E-state index in [-0.39, 0.29) is 6.04 Å². The van der Waals surface area contributed by atoms with Crippen molar-refractivity contribution in [3.05, 3.63) is 52.9 Å². The molecule has 1 saturated heterocycles. The van der Waals surface area contributed by atoms with Crippen LogP contribution in [-0.2, 0) is 6.54 Å². The molecular weight excluding hydrogens is 344 g/mol.